The Kier molecular flexibility index (Phi) is 4.99. The van der Waals surface area contributed by atoms with Crippen LogP contribution in [0.15, 0.2) is 47.5 Å². The third-order valence-corrected chi connectivity index (χ3v) is 6.45. The molecule has 0 aliphatic rings. The van der Waals surface area contributed by atoms with E-state index >= 15 is 0 Å². The van der Waals surface area contributed by atoms with Crippen molar-refractivity contribution in [2.75, 3.05) is 4.72 Å². The molecule has 146 valence electrons. The normalized spacial score (nSPS) is 11.4. The molecule has 0 bridgehead atoms. The minimum atomic E-state index is -3.74. The number of carbonyl (C=O) groups is 1. The number of hydrogen-bond donors (Lipinski definition) is 2. The van der Waals surface area contributed by atoms with Gasteiger partial charge in [0.1, 0.15) is 5.69 Å². The van der Waals surface area contributed by atoms with Crippen molar-refractivity contribution in [2.45, 2.75) is 32.6 Å². The van der Waals surface area contributed by atoms with Gasteiger partial charge in [-0.1, -0.05) is 6.07 Å². The molecule has 3 aromatic rings. The zero-order chi connectivity index (χ0) is 20.6. The molecular weight excluding hydrogens is 376 g/mol. The Morgan fingerprint density at radius 3 is 2.07 bits per heavy atom. The predicted molar refractivity (Wildman–Crippen MR) is 108 cm³/mol. The number of nitrogens with zero attached hydrogens (tertiary/aromatic N) is 2. The maximum atomic E-state index is 13.0. The standard InChI is InChI=1S/C20H22N4O3S/c1-12-11-13(2)15(4)19(14(12)3)28(26,27)23-16-5-7-17(8-6-16)24-10-9-18(22-24)20(21)25/h5-11,23H,1-4H3,(H2,21,25). The van der Waals surface area contributed by atoms with Crippen molar-refractivity contribution < 1.29 is 13.2 Å². The second-order valence-corrected chi connectivity index (χ2v) is 8.37. The second kappa shape index (κ2) is 7.12. The van der Waals surface area contributed by atoms with E-state index in [1.54, 1.807) is 30.5 Å². The average molecular weight is 398 g/mol. The highest BCUT2D eigenvalue weighted by Gasteiger charge is 2.22. The highest BCUT2D eigenvalue weighted by molar-refractivity contribution is 7.92. The summed E-state index contributed by atoms with van der Waals surface area (Å²) >= 11 is 0. The SMILES string of the molecule is Cc1cc(C)c(C)c(S(=O)(=O)Nc2ccc(-n3ccc(C(N)=O)n3)cc2)c1C. The summed E-state index contributed by atoms with van der Waals surface area (Å²) in [6, 6.07) is 10.2. The van der Waals surface area contributed by atoms with Crippen LogP contribution in [-0.2, 0) is 10.0 Å². The van der Waals surface area contributed by atoms with Crippen LogP contribution in [0.25, 0.3) is 5.69 Å². The van der Waals surface area contributed by atoms with Crippen molar-refractivity contribution in [3.63, 3.8) is 0 Å². The molecule has 8 heteroatoms. The molecule has 0 saturated carbocycles. The van der Waals surface area contributed by atoms with E-state index in [4.69, 9.17) is 5.73 Å². The number of carbonyl (C=O) groups excluding carboxylic acids is 1. The number of benzene rings is 2. The molecule has 1 heterocycles. The summed E-state index contributed by atoms with van der Waals surface area (Å²) < 4.78 is 30.1. The molecule has 0 spiro atoms. The first-order chi connectivity index (χ1) is 13.1. The number of nitrogens with two attached hydrogens (primary N) is 1. The number of aromatic nitrogens is 2. The third-order valence-electron chi connectivity index (χ3n) is 4.79. The molecule has 0 aliphatic carbocycles. The zero-order valence-electron chi connectivity index (χ0n) is 16.1. The second-order valence-electron chi connectivity index (χ2n) is 6.75. The summed E-state index contributed by atoms with van der Waals surface area (Å²) in [5.74, 6) is -0.609. The van der Waals surface area contributed by atoms with E-state index in [9.17, 15) is 13.2 Å². The fourth-order valence-corrected chi connectivity index (χ4v) is 4.75. The molecule has 3 N–H and O–H groups in total. The third kappa shape index (κ3) is 3.63. The van der Waals surface area contributed by atoms with Crippen molar-refractivity contribution in [1.82, 2.24) is 9.78 Å². The van der Waals surface area contributed by atoms with Crippen LogP contribution in [0.4, 0.5) is 5.69 Å². The van der Waals surface area contributed by atoms with Crippen LogP contribution in [0.3, 0.4) is 0 Å². The molecule has 1 aromatic heterocycles. The number of amides is 1. The van der Waals surface area contributed by atoms with Gasteiger partial charge in [-0.15, -0.1) is 0 Å². The summed E-state index contributed by atoms with van der Waals surface area (Å²) in [5, 5.41) is 4.08. The van der Waals surface area contributed by atoms with Crippen molar-refractivity contribution in [1.29, 1.82) is 0 Å². The molecule has 0 radical (unpaired) electrons. The Bertz CT molecular complexity index is 1140. The summed E-state index contributed by atoms with van der Waals surface area (Å²) in [4.78, 5) is 11.5. The Hall–Kier alpha value is -3.13. The Morgan fingerprint density at radius 2 is 1.57 bits per heavy atom. The van der Waals surface area contributed by atoms with Gasteiger partial charge in [0.05, 0.1) is 10.6 Å². The molecule has 0 fully saturated rings. The monoisotopic (exact) mass is 398 g/mol. The highest BCUT2D eigenvalue weighted by atomic mass is 32.2. The van der Waals surface area contributed by atoms with Gasteiger partial charge in [-0.3, -0.25) is 9.52 Å². The number of anilines is 1. The van der Waals surface area contributed by atoms with Crippen LogP contribution < -0.4 is 10.5 Å². The highest BCUT2D eigenvalue weighted by Crippen LogP contribution is 2.28. The molecule has 0 saturated heterocycles. The van der Waals surface area contributed by atoms with Crippen LogP contribution in [-0.4, -0.2) is 24.1 Å². The van der Waals surface area contributed by atoms with Gasteiger partial charge in [-0.05, 0) is 80.3 Å². The van der Waals surface area contributed by atoms with Gasteiger partial charge >= 0.3 is 0 Å². The summed E-state index contributed by atoms with van der Waals surface area (Å²) in [7, 11) is -3.74. The van der Waals surface area contributed by atoms with E-state index in [-0.39, 0.29) is 5.69 Å². The Morgan fingerprint density at radius 1 is 1.00 bits per heavy atom. The predicted octanol–water partition coefficient (Wildman–Crippen LogP) is 3.01. The van der Waals surface area contributed by atoms with Gasteiger partial charge in [0.15, 0.2) is 0 Å². The van der Waals surface area contributed by atoms with Gasteiger partial charge < -0.3 is 5.73 Å². The molecule has 1 amide bonds. The minimum Gasteiger partial charge on any atom is -0.364 e. The van der Waals surface area contributed by atoms with Crippen molar-refractivity contribution >= 4 is 21.6 Å². The van der Waals surface area contributed by atoms with E-state index < -0.39 is 15.9 Å². The zero-order valence-corrected chi connectivity index (χ0v) is 17.0. The molecule has 3 rings (SSSR count). The molecule has 2 aromatic carbocycles. The number of nitrogens with one attached hydrogen (secondary N) is 1. The lowest BCUT2D eigenvalue weighted by Crippen LogP contribution is -2.17. The van der Waals surface area contributed by atoms with E-state index in [0.29, 0.717) is 16.3 Å². The van der Waals surface area contributed by atoms with Crippen LogP contribution in [0.5, 0.6) is 0 Å². The van der Waals surface area contributed by atoms with Gasteiger partial charge in [-0.2, -0.15) is 5.10 Å². The first-order valence-electron chi connectivity index (χ1n) is 8.66. The molecule has 0 unspecified atom stereocenters. The lowest BCUT2D eigenvalue weighted by molar-refractivity contribution is 0.0995. The van der Waals surface area contributed by atoms with Crippen molar-refractivity contribution in [2.24, 2.45) is 5.73 Å². The minimum absolute atomic E-state index is 0.158. The smallest absolute Gasteiger partial charge is 0.269 e. The van der Waals surface area contributed by atoms with E-state index in [1.165, 1.54) is 10.7 Å². The van der Waals surface area contributed by atoms with Crippen LogP contribution in [0.2, 0.25) is 0 Å². The summed E-state index contributed by atoms with van der Waals surface area (Å²) in [6.45, 7) is 7.43. The molecule has 28 heavy (non-hydrogen) atoms. The maximum Gasteiger partial charge on any atom is 0.269 e. The molecular formula is C20H22N4O3S. The largest absolute Gasteiger partial charge is 0.364 e. The van der Waals surface area contributed by atoms with Crippen LogP contribution in [0.1, 0.15) is 32.7 Å². The van der Waals surface area contributed by atoms with E-state index in [2.05, 4.69) is 9.82 Å². The lowest BCUT2D eigenvalue weighted by atomic mass is 10.0. The van der Waals surface area contributed by atoms with E-state index in [0.717, 1.165) is 22.3 Å². The first kappa shape index (κ1) is 19.6. The lowest BCUT2D eigenvalue weighted by Gasteiger charge is -2.17. The molecule has 0 aliphatic heterocycles. The van der Waals surface area contributed by atoms with Crippen LogP contribution in [0, 0.1) is 27.7 Å². The molecule has 7 nitrogen and oxygen atoms in total. The number of rotatable bonds is 5. The van der Waals surface area contributed by atoms with E-state index in [1.807, 2.05) is 33.8 Å². The Labute approximate surface area is 164 Å². The van der Waals surface area contributed by atoms with Gasteiger partial charge in [0.2, 0.25) is 0 Å². The number of sulfonamides is 1. The van der Waals surface area contributed by atoms with Gasteiger partial charge in [0, 0.05) is 11.9 Å². The summed E-state index contributed by atoms with van der Waals surface area (Å²) in [6.07, 6.45) is 1.61. The van der Waals surface area contributed by atoms with Gasteiger partial charge in [-0.25, -0.2) is 13.1 Å². The maximum absolute atomic E-state index is 13.0. The summed E-state index contributed by atoms with van der Waals surface area (Å²) in [5.41, 5.74) is 9.82. The quantitative estimate of drug-likeness (QED) is 0.689. The topological polar surface area (TPSA) is 107 Å². The fraction of sp³-hybridized carbons (Fsp3) is 0.200. The number of primary amides is 1. The molecule has 0 atom stereocenters. The number of hydrogen-bond acceptors (Lipinski definition) is 4. The fourth-order valence-electron chi connectivity index (χ4n) is 3.07. The van der Waals surface area contributed by atoms with Crippen LogP contribution >= 0.6 is 0 Å². The average Bonchev–Trinajstić information content (AvgIpc) is 3.11. The van der Waals surface area contributed by atoms with Crippen molar-refractivity contribution in [3.05, 3.63) is 70.5 Å². The first-order valence-corrected chi connectivity index (χ1v) is 10.1. The van der Waals surface area contributed by atoms with Crippen molar-refractivity contribution in [3.8, 4) is 5.69 Å². The van der Waals surface area contributed by atoms with Gasteiger partial charge in [0.25, 0.3) is 15.9 Å². The number of aryl methyl sites for hydroxylation is 2. The Balaban J connectivity index is 1.91.